The molecule has 0 saturated heterocycles. The molecular weight excluding hydrogens is 446 g/mol. The molecule has 0 bridgehead atoms. The van der Waals surface area contributed by atoms with Crippen molar-refractivity contribution < 1.29 is 22.4 Å². The van der Waals surface area contributed by atoms with E-state index in [0.29, 0.717) is 21.3 Å². The molecule has 32 heavy (non-hydrogen) atoms. The summed E-state index contributed by atoms with van der Waals surface area (Å²) in [7, 11) is 0. The van der Waals surface area contributed by atoms with Crippen LogP contribution in [0.1, 0.15) is 10.4 Å². The third-order valence-electron chi connectivity index (χ3n) is 4.78. The fourth-order valence-electron chi connectivity index (χ4n) is 3.34. The standard InChI is InChI=1S/C22H15F4N3O2S/c1-12-18(13-5-7-15(23)8-6-13)19-20(32-12)27-11-29(21(19)31)10-17(30)28-16-4-2-3-14(9-16)22(24,25)26/h2-9,11H,10H2,1H3,(H,28,30). The summed E-state index contributed by atoms with van der Waals surface area (Å²) < 4.78 is 53.0. The number of aryl methyl sites for hydroxylation is 1. The molecule has 0 atom stereocenters. The largest absolute Gasteiger partial charge is 0.416 e. The van der Waals surface area contributed by atoms with Crippen LogP contribution in [0, 0.1) is 12.7 Å². The maximum atomic E-state index is 13.3. The Morgan fingerprint density at radius 3 is 2.56 bits per heavy atom. The third-order valence-corrected chi connectivity index (χ3v) is 5.79. The average Bonchev–Trinajstić information content (AvgIpc) is 3.07. The number of carbonyl (C=O) groups excluding carboxylic acids is 1. The van der Waals surface area contributed by atoms with Crippen molar-refractivity contribution in [2.24, 2.45) is 0 Å². The number of carbonyl (C=O) groups is 1. The van der Waals surface area contributed by atoms with E-state index >= 15 is 0 Å². The zero-order valence-corrected chi connectivity index (χ0v) is 17.4. The molecule has 0 aliphatic heterocycles. The van der Waals surface area contributed by atoms with Crippen LogP contribution in [0.15, 0.2) is 59.7 Å². The first kappa shape index (κ1) is 21.7. The Bertz CT molecular complexity index is 1370. The summed E-state index contributed by atoms with van der Waals surface area (Å²) in [4.78, 5) is 31.0. The quantitative estimate of drug-likeness (QED) is 0.424. The molecule has 1 N–H and O–H groups in total. The molecule has 0 unspecified atom stereocenters. The van der Waals surface area contributed by atoms with Crippen molar-refractivity contribution >= 4 is 33.1 Å². The van der Waals surface area contributed by atoms with Crippen LogP contribution in [0.5, 0.6) is 0 Å². The topological polar surface area (TPSA) is 64.0 Å². The predicted molar refractivity (Wildman–Crippen MR) is 114 cm³/mol. The molecular formula is C22H15F4N3O2S. The lowest BCUT2D eigenvalue weighted by Crippen LogP contribution is -2.27. The molecule has 164 valence electrons. The van der Waals surface area contributed by atoms with Crippen LogP contribution in [-0.2, 0) is 17.5 Å². The van der Waals surface area contributed by atoms with Gasteiger partial charge in [-0.05, 0) is 42.8 Å². The number of hydrogen-bond donors (Lipinski definition) is 1. The van der Waals surface area contributed by atoms with Gasteiger partial charge in [-0.3, -0.25) is 14.2 Å². The first-order chi connectivity index (χ1) is 15.1. The number of thiophene rings is 1. The van der Waals surface area contributed by atoms with Crippen LogP contribution in [0.4, 0.5) is 23.2 Å². The summed E-state index contributed by atoms with van der Waals surface area (Å²) in [6.45, 7) is 1.38. The van der Waals surface area contributed by atoms with Crippen molar-refractivity contribution in [3.8, 4) is 11.1 Å². The van der Waals surface area contributed by atoms with Gasteiger partial charge in [0, 0.05) is 16.1 Å². The highest BCUT2D eigenvalue weighted by Gasteiger charge is 2.30. The van der Waals surface area contributed by atoms with Gasteiger partial charge in [-0.15, -0.1) is 11.3 Å². The molecule has 2 aromatic carbocycles. The summed E-state index contributed by atoms with van der Waals surface area (Å²) in [6.07, 6.45) is -3.32. The number of anilines is 1. The van der Waals surface area contributed by atoms with Crippen molar-refractivity contribution in [2.45, 2.75) is 19.6 Å². The molecule has 2 heterocycles. The molecule has 4 aromatic rings. The first-order valence-electron chi connectivity index (χ1n) is 9.35. The first-order valence-corrected chi connectivity index (χ1v) is 10.2. The third kappa shape index (κ3) is 4.26. The minimum absolute atomic E-state index is 0.0368. The minimum atomic E-state index is -4.54. The Morgan fingerprint density at radius 1 is 1.16 bits per heavy atom. The molecule has 0 aliphatic rings. The lowest BCUT2D eigenvalue weighted by atomic mass is 10.0. The van der Waals surface area contributed by atoms with E-state index in [9.17, 15) is 27.2 Å². The molecule has 0 saturated carbocycles. The summed E-state index contributed by atoms with van der Waals surface area (Å²) in [5.41, 5.74) is -0.160. The number of halogens is 4. The summed E-state index contributed by atoms with van der Waals surface area (Å²) in [5.74, 6) is -1.09. The number of aromatic nitrogens is 2. The monoisotopic (exact) mass is 461 g/mol. The smallest absolute Gasteiger partial charge is 0.325 e. The van der Waals surface area contributed by atoms with Gasteiger partial charge in [0.25, 0.3) is 5.56 Å². The molecule has 2 aromatic heterocycles. The number of rotatable bonds is 4. The lowest BCUT2D eigenvalue weighted by Gasteiger charge is -2.11. The van der Waals surface area contributed by atoms with Gasteiger partial charge in [0.15, 0.2) is 0 Å². The van der Waals surface area contributed by atoms with Gasteiger partial charge in [-0.1, -0.05) is 18.2 Å². The van der Waals surface area contributed by atoms with Crippen molar-refractivity contribution in [3.63, 3.8) is 0 Å². The minimum Gasteiger partial charge on any atom is -0.325 e. The fourth-order valence-corrected chi connectivity index (χ4v) is 4.35. The summed E-state index contributed by atoms with van der Waals surface area (Å²) in [5, 5.41) is 2.67. The normalized spacial score (nSPS) is 11.7. The van der Waals surface area contributed by atoms with E-state index in [-0.39, 0.29) is 5.69 Å². The van der Waals surface area contributed by atoms with Crippen molar-refractivity contribution in [1.82, 2.24) is 9.55 Å². The van der Waals surface area contributed by atoms with Crippen LogP contribution in [0.25, 0.3) is 21.3 Å². The second-order valence-corrected chi connectivity index (χ2v) is 8.23. The van der Waals surface area contributed by atoms with Crippen molar-refractivity contribution in [2.75, 3.05) is 5.32 Å². The van der Waals surface area contributed by atoms with Crippen molar-refractivity contribution in [3.05, 3.63) is 81.5 Å². The molecule has 0 fully saturated rings. The van der Waals surface area contributed by atoms with E-state index in [1.54, 1.807) is 12.1 Å². The van der Waals surface area contributed by atoms with Crippen LogP contribution in [0.3, 0.4) is 0 Å². The molecule has 5 nitrogen and oxygen atoms in total. The van der Waals surface area contributed by atoms with Crippen LogP contribution in [0.2, 0.25) is 0 Å². The van der Waals surface area contributed by atoms with Gasteiger partial charge < -0.3 is 5.32 Å². The average molecular weight is 461 g/mol. The number of nitrogens with zero attached hydrogens (tertiary/aromatic N) is 2. The van der Waals surface area contributed by atoms with E-state index in [1.807, 2.05) is 6.92 Å². The Labute approximate surface area is 183 Å². The number of hydrogen-bond acceptors (Lipinski definition) is 4. The second-order valence-electron chi connectivity index (χ2n) is 7.02. The Kier molecular flexibility index (Phi) is 5.55. The molecule has 4 rings (SSSR count). The van der Waals surface area contributed by atoms with E-state index in [4.69, 9.17) is 0 Å². The second kappa shape index (κ2) is 8.19. The molecule has 0 radical (unpaired) electrons. The van der Waals surface area contributed by atoms with Gasteiger partial charge in [0.1, 0.15) is 17.2 Å². The van der Waals surface area contributed by atoms with Gasteiger partial charge in [-0.25, -0.2) is 9.37 Å². The van der Waals surface area contributed by atoms with E-state index < -0.39 is 35.6 Å². The van der Waals surface area contributed by atoms with E-state index in [2.05, 4.69) is 10.3 Å². The highest BCUT2D eigenvalue weighted by molar-refractivity contribution is 7.19. The number of benzene rings is 2. The summed E-state index contributed by atoms with van der Waals surface area (Å²) in [6, 6.07) is 9.91. The van der Waals surface area contributed by atoms with Crippen molar-refractivity contribution in [1.29, 1.82) is 0 Å². The highest BCUT2D eigenvalue weighted by Crippen LogP contribution is 2.35. The highest BCUT2D eigenvalue weighted by atomic mass is 32.1. The molecule has 10 heteroatoms. The number of alkyl halides is 3. The lowest BCUT2D eigenvalue weighted by molar-refractivity contribution is -0.137. The molecule has 0 aliphatic carbocycles. The van der Waals surface area contributed by atoms with Gasteiger partial charge in [0.05, 0.1) is 17.3 Å². The fraction of sp³-hybridized carbons (Fsp3) is 0.136. The van der Waals surface area contributed by atoms with Crippen LogP contribution < -0.4 is 10.9 Å². The van der Waals surface area contributed by atoms with Gasteiger partial charge in [-0.2, -0.15) is 13.2 Å². The molecule has 1 amide bonds. The van der Waals surface area contributed by atoms with E-state index in [1.165, 1.54) is 41.9 Å². The Hall–Kier alpha value is -3.53. The number of nitrogens with one attached hydrogen (secondary N) is 1. The molecule has 0 spiro atoms. The number of fused-ring (bicyclic) bond motifs is 1. The Balaban J connectivity index is 1.65. The summed E-state index contributed by atoms with van der Waals surface area (Å²) >= 11 is 1.30. The van der Waals surface area contributed by atoms with Crippen LogP contribution >= 0.6 is 11.3 Å². The zero-order valence-electron chi connectivity index (χ0n) is 16.5. The maximum absolute atomic E-state index is 13.3. The van der Waals surface area contributed by atoms with E-state index in [0.717, 1.165) is 21.6 Å². The van der Waals surface area contributed by atoms with Crippen LogP contribution in [-0.4, -0.2) is 15.5 Å². The van der Waals surface area contributed by atoms with Gasteiger partial charge >= 0.3 is 6.18 Å². The maximum Gasteiger partial charge on any atom is 0.416 e. The number of amides is 1. The zero-order chi connectivity index (χ0) is 23.0. The van der Waals surface area contributed by atoms with Gasteiger partial charge in [0.2, 0.25) is 5.91 Å². The SMILES string of the molecule is Cc1sc2ncn(CC(=O)Nc3cccc(C(F)(F)F)c3)c(=O)c2c1-c1ccc(F)cc1. The Morgan fingerprint density at radius 2 is 1.88 bits per heavy atom. The predicted octanol–water partition coefficient (Wildman–Crippen LogP) is 5.23.